The number of benzene rings is 1. The quantitative estimate of drug-likeness (QED) is 0.705. The first-order valence-corrected chi connectivity index (χ1v) is 9.40. The van der Waals surface area contributed by atoms with Crippen LogP contribution in [0.5, 0.6) is 0 Å². The van der Waals surface area contributed by atoms with Crippen molar-refractivity contribution < 1.29 is 9.90 Å². The highest BCUT2D eigenvalue weighted by molar-refractivity contribution is 6.42. The number of fused-ring (bicyclic) bond motifs is 1. The van der Waals surface area contributed by atoms with Crippen LogP contribution in [0.25, 0.3) is 0 Å². The number of nitrogens with zero attached hydrogens (tertiary/aromatic N) is 3. The summed E-state index contributed by atoms with van der Waals surface area (Å²) in [4.78, 5) is 23.0. The molecule has 9 heteroatoms. The Morgan fingerprint density at radius 1 is 1.37 bits per heavy atom. The third-order valence-corrected chi connectivity index (χ3v) is 5.05. The third-order valence-electron chi connectivity index (χ3n) is 4.31. The molecule has 1 aromatic carbocycles. The lowest BCUT2D eigenvalue weighted by Gasteiger charge is -2.28. The number of nitrogens with one attached hydrogen (secondary N) is 2. The molecule has 2 amide bonds. The van der Waals surface area contributed by atoms with Crippen LogP contribution in [0.1, 0.15) is 23.7 Å². The Bertz CT molecular complexity index is 833. The molecule has 0 bridgehead atoms. The highest BCUT2D eigenvalue weighted by Gasteiger charge is 2.22. The predicted octanol–water partition coefficient (Wildman–Crippen LogP) is 2.84. The fourth-order valence-corrected chi connectivity index (χ4v) is 3.07. The van der Waals surface area contributed by atoms with E-state index in [1.807, 2.05) is 13.0 Å². The molecule has 144 valence electrons. The first-order chi connectivity index (χ1) is 13.0. The van der Waals surface area contributed by atoms with E-state index in [2.05, 4.69) is 20.6 Å². The maximum atomic E-state index is 12.5. The monoisotopic (exact) mass is 409 g/mol. The van der Waals surface area contributed by atoms with Gasteiger partial charge in [-0.1, -0.05) is 29.3 Å². The molecular formula is C18H21Cl2N5O2. The number of aromatic nitrogens is 2. The molecule has 0 aliphatic carbocycles. The summed E-state index contributed by atoms with van der Waals surface area (Å²) < 4.78 is 0. The highest BCUT2D eigenvalue weighted by Crippen LogP contribution is 2.23. The molecule has 1 aliphatic heterocycles. The minimum atomic E-state index is -0.163. The van der Waals surface area contributed by atoms with Crippen LogP contribution >= 0.6 is 23.2 Å². The van der Waals surface area contributed by atoms with Crippen LogP contribution in [0.3, 0.4) is 0 Å². The zero-order chi connectivity index (χ0) is 19.4. The maximum absolute atomic E-state index is 12.5. The van der Waals surface area contributed by atoms with E-state index in [-0.39, 0.29) is 18.7 Å². The van der Waals surface area contributed by atoms with Crippen LogP contribution in [0.2, 0.25) is 10.0 Å². The number of carbonyl (C=O) groups is 1. The molecule has 27 heavy (non-hydrogen) atoms. The molecule has 2 aromatic rings. The fraction of sp³-hybridized carbons (Fsp3) is 0.389. The summed E-state index contributed by atoms with van der Waals surface area (Å²) in [7, 11) is 0. The van der Waals surface area contributed by atoms with Gasteiger partial charge in [0.25, 0.3) is 0 Å². The third kappa shape index (κ3) is 5.00. The van der Waals surface area contributed by atoms with Gasteiger partial charge in [0, 0.05) is 25.3 Å². The molecule has 1 aliphatic rings. The lowest BCUT2D eigenvalue weighted by Crippen LogP contribution is -2.42. The average Bonchev–Trinajstić information content (AvgIpc) is 2.68. The molecule has 0 fully saturated rings. The molecule has 0 saturated carbocycles. The molecule has 1 unspecified atom stereocenters. The number of aliphatic hydroxyl groups is 1. The summed E-state index contributed by atoms with van der Waals surface area (Å²) in [5.41, 5.74) is 2.72. The predicted molar refractivity (Wildman–Crippen MR) is 105 cm³/mol. The number of halogens is 2. The second kappa shape index (κ2) is 8.73. The van der Waals surface area contributed by atoms with Crippen molar-refractivity contribution in [1.82, 2.24) is 20.2 Å². The summed E-state index contributed by atoms with van der Waals surface area (Å²) in [6.07, 6.45) is 2.48. The van der Waals surface area contributed by atoms with Gasteiger partial charge in [0.05, 0.1) is 28.9 Å². The van der Waals surface area contributed by atoms with Gasteiger partial charge in [0.2, 0.25) is 5.95 Å². The van der Waals surface area contributed by atoms with E-state index < -0.39 is 0 Å². The lowest BCUT2D eigenvalue weighted by atomic mass is 10.1. The largest absolute Gasteiger partial charge is 0.394 e. The number of amides is 2. The smallest absolute Gasteiger partial charge is 0.318 e. The van der Waals surface area contributed by atoms with Crippen molar-refractivity contribution in [2.45, 2.75) is 32.5 Å². The standard InChI is InChI=1S/C18H21Cl2N5O2/c1-11(10-26)23-17-21-8-13-4-5-25(9-16(13)24-17)18(27)22-7-12-2-3-14(19)15(20)6-12/h2-3,6,8,11,26H,4-5,7,9-10H2,1H3,(H,22,27)(H,21,23,24). The molecule has 1 atom stereocenters. The first-order valence-electron chi connectivity index (χ1n) is 8.65. The maximum Gasteiger partial charge on any atom is 0.318 e. The number of urea groups is 1. The fourth-order valence-electron chi connectivity index (χ4n) is 2.75. The number of anilines is 1. The van der Waals surface area contributed by atoms with Crippen molar-refractivity contribution in [3.63, 3.8) is 0 Å². The topological polar surface area (TPSA) is 90.4 Å². The number of hydrogen-bond acceptors (Lipinski definition) is 5. The minimum Gasteiger partial charge on any atom is -0.394 e. The summed E-state index contributed by atoms with van der Waals surface area (Å²) >= 11 is 11.9. The highest BCUT2D eigenvalue weighted by atomic mass is 35.5. The van der Waals surface area contributed by atoms with Gasteiger partial charge in [-0.3, -0.25) is 0 Å². The van der Waals surface area contributed by atoms with Gasteiger partial charge in [-0.2, -0.15) is 0 Å². The van der Waals surface area contributed by atoms with E-state index in [0.717, 1.165) is 16.8 Å². The van der Waals surface area contributed by atoms with E-state index in [4.69, 9.17) is 28.3 Å². The van der Waals surface area contributed by atoms with Gasteiger partial charge in [0.1, 0.15) is 0 Å². The normalized spacial score (nSPS) is 14.4. The number of rotatable bonds is 5. The lowest BCUT2D eigenvalue weighted by molar-refractivity contribution is 0.191. The van der Waals surface area contributed by atoms with Crippen molar-refractivity contribution in [2.24, 2.45) is 0 Å². The van der Waals surface area contributed by atoms with Crippen molar-refractivity contribution in [1.29, 1.82) is 0 Å². The summed E-state index contributed by atoms with van der Waals surface area (Å²) in [5, 5.41) is 16.0. The van der Waals surface area contributed by atoms with Gasteiger partial charge in [-0.15, -0.1) is 0 Å². The van der Waals surface area contributed by atoms with E-state index in [1.54, 1.807) is 23.2 Å². The summed E-state index contributed by atoms with van der Waals surface area (Å²) in [6, 6.07) is 4.97. The van der Waals surface area contributed by atoms with Crippen LogP contribution in [-0.2, 0) is 19.5 Å². The van der Waals surface area contributed by atoms with Crippen molar-refractivity contribution in [3.05, 3.63) is 51.3 Å². The van der Waals surface area contributed by atoms with Crippen LogP contribution in [-0.4, -0.2) is 45.2 Å². The minimum absolute atomic E-state index is 0.0102. The molecule has 0 spiro atoms. The van der Waals surface area contributed by atoms with Crippen molar-refractivity contribution in [2.75, 3.05) is 18.5 Å². The molecule has 7 nitrogen and oxygen atoms in total. The van der Waals surface area contributed by atoms with Gasteiger partial charge >= 0.3 is 6.03 Å². The number of aliphatic hydroxyl groups excluding tert-OH is 1. The van der Waals surface area contributed by atoms with E-state index in [1.165, 1.54) is 0 Å². The Morgan fingerprint density at radius 3 is 2.93 bits per heavy atom. The van der Waals surface area contributed by atoms with Gasteiger partial charge in [-0.05, 0) is 36.6 Å². The SMILES string of the molecule is CC(CO)Nc1ncc2c(n1)CN(C(=O)NCc1ccc(Cl)c(Cl)c1)CC2. The van der Waals surface area contributed by atoms with Crippen LogP contribution < -0.4 is 10.6 Å². The Morgan fingerprint density at radius 2 is 2.19 bits per heavy atom. The summed E-state index contributed by atoms with van der Waals surface area (Å²) in [6.45, 7) is 3.20. The Balaban J connectivity index is 1.61. The van der Waals surface area contributed by atoms with E-state index in [9.17, 15) is 4.79 Å². The van der Waals surface area contributed by atoms with Crippen LogP contribution in [0.4, 0.5) is 10.7 Å². The molecule has 0 radical (unpaired) electrons. The Labute approximate surface area is 167 Å². The van der Waals surface area contributed by atoms with Gasteiger partial charge in [0.15, 0.2) is 0 Å². The van der Waals surface area contributed by atoms with E-state index >= 15 is 0 Å². The molecule has 1 aromatic heterocycles. The van der Waals surface area contributed by atoms with Crippen LogP contribution in [0, 0.1) is 0 Å². The van der Waals surface area contributed by atoms with Gasteiger partial charge < -0.3 is 20.6 Å². The van der Waals surface area contributed by atoms with Crippen molar-refractivity contribution in [3.8, 4) is 0 Å². The molecule has 3 rings (SSSR count). The van der Waals surface area contributed by atoms with Crippen molar-refractivity contribution >= 4 is 35.2 Å². The first kappa shape index (κ1) is 19.7. The zero-order valence-corrected chi connectivity index (χ0v) is 16.4. The molecule has 0 saturated heterocycles. The Kier molecular flexibility index (Phi) is 6.36. The Hall–Kier alpha value is -2.09. The molecule has 2 heterocycles. The second-order valence-electron chi connectivity index (χ2n) is 6.47. The second-order valence-corrected chi connectivity index (χ2v) is 7.29. The summed E-state index contributed by atoms with van der Waals surface area (Å²) in [5.74, 6) is 0.452. The molecular weight excluding hydrogens is 389 g/mol. The van der Waals surface area contributed by atoms with Crippen LogP contribution in [0.15, 0.2) is 24.4 Å². The average molecular weight is 410 g/mol. The number of hydrogen-bond donors (Lipinski definition) is 3. The van der Waals surface area contributed by atoms with E-state index in [0.29, 0.717) is 42.0 Å². The van der Waals surface area contributed by atoms with Gasteiger partial charge in [-0.25, -0.2) is 14.8 Å². The molecule has 3 N–H and O–H groups in total. The zero-order valence-electron chi connectivity index (χ0n) is 14.9. The number of carbonyl (C=O) groups excluding carboxylic acids is 1.